The lowest BCUT2D eigenvalue weighted by Gasteiger charge is -2.32. The van der Waals surface area contributed by atoms with Crippen LogP contribution >= 0.6 is 0 Å². The molecule has 0 aliphatic carbocycles. The van der Waals surface area contributed by atoms with Crippen molar-refractivity contribution in [1.82, 2.24) is 9.80 Å². The predicted molar refractivity (Wildman–Crippen MR) is 131 cm³/mol. The van der Waals surface area contributed by atoms with Crippen molar-refractivity contribution in [1.29, 1.82) is 0 Å². The highest BCUT2D eigenvalue weighted by atomic mass is 32.2. The summed E-state index contributed by atoms with van der Waals surface area (Å²) in [6.07, 6.45) is 3.16. The van der Waals surface area contributed by atoms with E-state index in [2.05, 4.69) is 4.90 Å². The Bertz CT molecular complexity index is 1110. The summed E-state index contributed by atoms with van der Waals surface area (Å²) < 4.78 is 31.4. The molecule has 1 amide bonds. The van der Waals surface area contributed by atoms with Gasteiger partial charge in [0.1, 0.15) is 5.75 Å². The third kappa shape index (κ3) is 5.71. The fourth-order valence-corrected chi connectivity index (χ4v) is 5.74. The molecule has 2 heterocycles. The number of rotatable bonds is 8. The highest BCUT2D eigenvalue weighted by Crippen LogP contribution is 2.32. The molecule has 0 bridgehead atoms. The molecule has 1 N–H and O–H groups in total. The highest BCUT2D eigenvalue weighted by Gasteiger charge is 2.29. The van der Waals surface area contributed by atoms with E-state index in [1.165, 1.54) is 10.6 Å². The van der Waals surface area contributed by atoms with Crippen molar-refractivity contribution in [2.24, 2.45) is 0 Å². The summed E-state index contributed by atoms with van der Waals surface area (Å²) in [6.45, 7) is 2.43. The molecule has 1 saturated heterocycles. The fraction of sp³-hybridized carbons (Fsp3) is 0.480. The number of ether oxygens (including phenoxy) is 1. The Hall–Kier alpha value is -2.62. The zero-order chi connectivity index (χ0) is 24.3. The normalized spacial score (nSPS) is 19.5. The van der Waals surface area contributed by atoms with Crippen molar-refractivity contribution < 1.29 is 23.1 Å². The van der Waals surface area contributed by atoms with E-state index in [-0.39, 0.29) is 24.7 Å². The summed E-state index contributed by atoms with van der Waals surface area (Å²) in [5, 5.41) is 9.91. The molecule has 2 aromatic rings. The summed E-state index contributed by atoms with van der Waals surface area (Å²) in [7, 11) is -1.54. The molecular formula is C25H33N3O5S. The van der Waals surface area contributed by atoms with Gasteiger partial charge < -0.3 is 14.7 Å². The van der Waals surface area contributed by atoms with Gasteiger partial charge >= 0.3 is 0 Å². The summed E-state index contributed by atoms with van der Waals surface area (Å²) >= 11 is 0. The molecule has 8 nitrogen and oxygen atoms in total. The zero-order valence-electron chi connectivity index (χ0n) is 19.8. The number of aryl methyl sites for hydroxylation is 1. The molecule has 34 heavy (non-hydrogen) atoms. The first-order valence-corrected chi connectivity index (χ1v) is 13.5. The number of amides is 1. The standard InChI is InChI=1S/C25H33N3O5S/c1-26(24(19-7-4-3-5-8-19)17-27-14-12-21(29)16-27)25(30)18-33-22-10-11-23-20(15-22)9-6-13-28(23)34(2,31)32/h3-5,7-8,10-11,15,21,24,29H,6,9,12-14,16-18H2,1-2H3. The van der Waals surface area contributed by atoms with Crippen LogP contribution in [-0.2, 0) is 21.2 Å². The van der Waals surface area contributed by atoms with E-state index in [9.17, 15) is 18.3 Å². The van der Waals surface area contributed by atoms with Gasteiger partial charge in [0.15, 0.2) is 6.61 Å². The average Bonchev–Trinajstić information content (AvgIpc) is 3.24. The van der Waals surface area contributed by atoms with Gasteiger partial charge in [-0.15, -0.1) is 0 Å². The smallest absolute Gasteiger partial charge is 0.260 e. The Morgan fingerprint density at radius 2 is 1.97 bits per heavy atom. The van der Waals surface area contributed by atoms with Crippen molar-refractivity contribution in [3.8, 4) is 5.75 Å². The first-order chi connectivity index (χ1) is 16.2. The van der Waals surface area contributed by atoms with Crippen molar-refractivity contribution >= 4 is 21.6 Å². The number of likely N-dealkylation sites (N-methyl/N-ethyl adjacent to an activating group) is 1. The van der Waals surface area contributed by atoms with Crippen LogP contribution in [0.2, 0.25) is 0 Å². The number of nitrogens with zero attached hydrogens (tertiary/aromatic N) is 3. The number of hydrogen-bond donors (Lipinski definition) is 1. The molecule has 9 heteroatoms. The molecule has 2 aliphatic heterocycles. The van der Waals surface area contributed by atoms with Crippen LogP contribution in [0.4, 0.5) is 5.69 Å². The number of aliphatic hydroxyl groups excluding tert-OH is 1. The van der Waals surface area contributed by atoms with Gasteiger partial charge in [0.05, 0.1) is 24.1 Å². The molecule has 0 aromatic heterocycles. The van der Waals surface area contributed by atoms with Crippen molar-refractivity contribution in [3.05, 3.63) is 59.7 Å². The van der Waals surface area contributed by atoms with Gasteiger partial charge in [-0.2, -0.15) is 0 Å². The second-order valence-corrected chi connectivity index (χ2v) is 11.1. The molecule has 4 rings (SSSR count). The zero-order valence-corrected chi connectivity index (χ0v) is 20.6. The summed E-state index contributed by atoms with van der Waals surface area (Å²) in [6, 6.07) is 15.0. The largest absolute Gasteiger partial charge is 0.484 e. The first kappa shape index (κ1) is 24.5. The number of sulfonamides is 1. The number of fused-ring (bicyclic) bond motifs is 1. The predicted octanol–water partition coefficient (Wildman–Crippen LogP) is 2.04. The van der Waals surface area contributed by atoms with Gasteiger partial charge in [-0.1, -0.05) is 30.3 Å². The minimum absolute atomic E-state index is 0.114. The van der Waals surface area contributed by atoms with Gasteiger partial charge in [0.25, 0.3) is 5.91 Å². The molecule has 0 saturated carbocycles. The van der Waals surface area contributed by atoms with Crippen LogP contribution in [0, 0.1) is 0 Å². The number of likely N-dealkylation sites (tertiary alicyclic amines) is 1. The maximum absolute atomic E-state index is 13.1. The summed E-state index contributed by atoms with van der Waals surface area (Å²) in [5.41, 5.74) is 2.63. The van der Waals surface area contributed by atoms with E-state index in [0.29, 0.717) is 31.1 Å². The quantitative estimate of drug-likeness (QED) is 0.613. The van der Waals surface area contributed by atoms with Gasteiger partial charge in [0, 0.05) is 33.2 Å². The van der Waals surface area contributed by atoms with Gasteiger partial charge in [-0.25, -0.2) is 8.42 Å². The lowest BCUT2D eigenvalue weighted by molar-refractivity contribution is -0.134. The molecule has 2 aliphatic rings. The van der Waals surface area contributed by atoms with Crippen LogP contribution in [0.25, 0.3) is 0 Å². The van der Waals surface area contributed by atoms with E-state index in [0.717, 1.165) is 36.9 Å². The Morgan fingerprint density at radius 3 is 2.65 bits per heavy atom. The van der Waals surface area contributed by atoms with Gasteiger partial charge in [0.2, 0.25) is 10.0 Å². The van der Waals surface area contributed by atoms with Crippen LogP contribution in [0.3, 0.4) is 0 Å². The number of aliphatic hydroxyl groups is 1. The van der Waals surface area contributed by atoms with Gasteiger partial charge in [-0.05, 0) is 48.6 Å². The molecule has 0 spiro atoms. The van der Waals surface area contributed by atoms with Gasteiger partial charge in [-0.3, -0.25) is 14.0 Å². The number of carbonyl (C=O) groups is 1. The van der Waals surface area contributed by atoms with E-state index >= 15 is 0 Å². The van der Waals surface area contributed by atoms with E-state index < -0.39 is 10.0 Å². The number of benzene rings is 2. The minimum Gasteiger partial charge on any atom is -0.484 e. The third-order valence-corrected chi connectivity index (χ3v) is 7.79. The summed E-state index contributed by atoms with van der Waals surface area (Å²) in [4.78, 5) is 17.0. The second-order valence-electron chi connectivity index (χ2n) is 9.15. The van der Waals surface area contributed by atoms with Crippen molar-refractivity contribution in [2.75, 3.05) is 50.4 Å². The first-order valence-electron chi connectivity index (χ1n) is 11.7. The molecule has 2 atom stereocenters. The Balaban J connectivity index is 1.44. The lowest BCUT2D eigenvalue weighted by atomic mass is 10.0. The maximum atomic E-state index is 13.1. The van der Waals surface area contributed by atoms with Crippen LogP contribution in [0.1, 0.15) is 30.0 Å². The summed E-state index contributed by atoms with van der Waals surface area (Å²) in [5.74, 6) is 0.402. The van der Waals surface area contributed by atoms with Crippen LogP contribution in [0.15, 0.2) is 48.5 Å². The maximum Gasteiger partial charge on any atom is 0.260 e. The average molecular weight is 488 g/mol. The van der Waals surface area contributed by atoms with E-state index in [1.807, 2.05) is 36.4 Å². The lowest BCUT2D eigenvalue weighted by Crippen LogP contribution is -2.40. The molecule has 1 fully saturated rings. The monoisotopic (exact) mass is 487 g/mol. The fourth-order valence-electron chi connectivity index (χ4n) is 4.74. The molecule has 0 radical (unpaired) electrons. The molecular weight excluding hydrogens is 454 g/mol. The number of carbonyl (C=O) groups excluding carboxylic acids is 1. The molecule has 2 aromatic carbocycles. The minimum atomic E-state index is -3.33. The van der Waals surface area contributed by atoms with Crippen molar-refractivity contribution in [3.63, 3.8) is 0 Å². The highest BCUT2D eigenvalue weighted by molar-refractivity contribution is 7.92. The molecule has 2 unspecified atom stereocenters. The van der Waals surface area contributed by atoms with Crippen molar-refractivity contribution in [2.45, 2.75) is 31.4 Å². The Kier molecular flexibility index (Phi) is 7.45. The Morgan fingerprint density at radius 1 is 1.21 bits per heavy atom. The third-order valence-electron chi connectivity index (χ3n) is 6.61. The number of anilines is 1. The van der Waals surface area contributed by atoms with Crippen LogP contribution in [0.5, 0.6) is 5.75 Å². The second kappa shape index (κ2) is 10.3. The topological polar surface area (TPSA) is 90.4 Å². The Labute approximate surface area is 201 Å². The number of β-amino-alcohol motifs (C(OH)–C–C–N with tert-alkyl or cyclic N) is 1. The SMILES string of the molecule is CN(C(=O)COc1ccc2c(c1)CCCN2S(C)(=O)=O)C(CN1CCC(O)C1)c1ccccc1. The van der Waals surface area contributed by atoms with Crippen LogP contribution < -0.4 is 9.04 Å². The van der Waals surface area contributed by atoms with Crippen LogP contribution in [-0.4, -0.2) is 81.4 Å². The van der Waals surface area contributed by atoms with E-state index in [1.54, 1.807) is 24.1 Å². The van der Waals surface area contributed by atoms with E-state index in [4.69, 9.17) is 4.74 Å². The molecule has 184 valence electrons. The number of hydrogen-bond acceptors (Lipinski definition) is 6.